The standard InChI is InChI=1S/C23H27N5O2/c1-3-22(29)24-18-9-10-20-19(15-18)25-21(26(20)2)16-27-11-13-28(14-12-27)23(30)17-7-5-4-6-8-17/h4-10,15H,3,11-14,16H2,1-2H3,(H,24,29). The molecule has 156 valence electrons. The highest BCUT2D eigenvalue weighted by Gasteiger charge is 2.23. The van der Waals surface area contributed by atoms with Crippen LogP contribution < -0.4 is 5.32 Å². The molecule has 1 aliphatic heterocycles. The van der Waals surface area contributed by atoms with Crippen molar-refractivity contribution in [3.8, 4) is 0 Å². The Morgan fingerprint density at radius 2 is 1.77 bits per heavy atom. The molecule has 30 heavy (non-hydrogen) atoms. The number of hydrogen-bond donors (Lipinski definition) is 1. The third-order valence-electron chi connectivity index (χ3n) is 5.62. The lowest BCUT2D eigenvalue weighted by Gasteiger charge is -2.34. The van der Waals surface area contributed by atoms with Crippen LogP contribution in [0.5, 0.6) is 0 Å². The maximum atomic E-state index is 12.6. The second-order valence-electron chi connectivity index (χ2n) is 7.63. The van der Waals surface area contributed by atoms with E-state index < -0.39 is 0 Å². The molecule has 0 atom stereocenters. The van der Waals surface area contributed by atoms with Gasteiger partial charge >= 0.3 is 0 Å². The largest absolute Gasteiger partial charge is 0.336 e. The highest BCUT2D eigenvalue weighted by Crippen LogP contribution is 2.21. The van der Waals surface area contributed by atoms with Crippen LogP contribution in [0.25, 0.3) is 11.0 Å². The molecule has 0 spiro atoms. The molecule has 0 bridgehead atoms. The third kappa shape index (κ3) is 4.21. The molecule has 1 aliphatic rings. The van der Waals surface area contributed by atoms with E-state index in [1.807, 2.05) is 67.4 Å². The molecule has 1 fully saturated rings. The van der Waals surface area contributed by atoms with E-state index in [0.717, 1.165) is 47.7 Å². The Balaban J connectivity index is 1.40. The maximum Gasteiger partial charge on any atom is 0.253 e. The summed E-state index contributed by atoms with van der Waals surface area (Å²) in [5.74, 6) is 1.07. The normalized spacial score (nSPS) is 14.8. The Kier molecular flexibility index (Phi) is 5.81. The first-order valence-corrected chi connectivity index (χ1v) is 10.4. The molecule has 2 heterocycles. The molecule has 4 rings (SSSR count). The summed E-state index contributed by atoms with van der Waals surface area (Å²) in [6, 6.07) is 15.3. The quantitative estimate of drug-likeness (QED) is 0.709. The molecule has 1 aromatic heterocycles. The SMILES string of the molecule is CCC(=O)Nc1ccc2c(c1)nc(CN1CCN(C(=O)c3ccccc3)CC1)n2C. The Hall–Kier alpha value is -3.19. The molecule has 0 aliphatic carbocycles. The number of benzene rings is 2. The van der Waals surface area contributed by atoms with Gasteiger partial charge in [0.1, 0.15) is 5.82 Å². The van der Waals surface area contributed by atoms with Gasteiger partial charge in [-0.15, -0.1) is 0 Å². The predicted octanol–water partition coefficient (Wildman–Crippen LogP) is 2.88. The Labute approximate surface area is 176 Å². The van der Waals surface area contributed by atoms with Crippen molar-refractivity contribution in [1.29, 1.82) is 0 Å². The van der Waals surface area contributed by atoms with E-state index in [-0.39, 0.29) is 11.8 Å². The van der Waals surface area contributed by atoms with Gasteiger partial charge in [0.05, 0.1) is 17.6 Å². The van der Waals surface area contributed by atoms with Crippen molar-refractivity contribution in [2.24, 2.45) is 7.05 Å². The zero-order valence-corrected chi connectivity index (χ0v) is 17.5. The third-order valence-corrected chi connectivity index (χ3v) is 5.62. The number of hydrogen-bond acceptors (Lipinski definition) is 4. The molecule has 1 N–H and O–H groups in total. The number of anilines is 1. The van der Waals surface area contributed by atoms with Crippen LogP contribution in [-0.4, -0.2) is 57.3 Å². The van der Waals surface area contributed by atoms with Crippen LogP contribution in [-0.2, 0) is 18.4 Å². The lowest BCUT2D eigenvalue weighted by atomic mass is 10.2. The first-order chi connectivity index (χ1) is 14.5. The number of fused-ring (bicyclic) bond motifs is 1. The molecule has 7 nitrogen and oxygen atoms in total. The van der Waals surface area contributed by atoms with E-state index in [9.17, 15) is 9.59 Å². The average molecular weight is 406 g/mol. The summed E-state index contributed by atoms with van der Waals surface area (Å²) in [6.45, 7) is 5.63. The molecule has 0 radical (unpaired) electrons. The van der Waals surface area contributed by atoms with E-state index in [1.165, 1.54) is 0 Å². The monoisotopic (exact) mass is 405 g/mol. The van der Waals surface area contributed by atoms with Crippen molar-refractivity contribution in [2.75, 3.05) is 31.5 Å². The van der Waals surface area contributed by atoms with E-state index in [4.69, 9.17) is 4.98 Å². The minimum absolute atomic E-state index is 0.00609. The minimum Gasteiger partial charge on any atom is -0.336 e. The van der Waals surface area contributed by atoms with E-state index >= 15 is 0 Å². The molecule has 0 saturated carbocycles. The fourth-order valence-electron chi connectivity index (χ4n) is 3.79. The van der Waals surface area contributed by atoms with Crippen molar-refractivity contribution >= 4 is 28.5 Å². The smallest absolute Gasteiger partial charge is 0.253 e. The molecule has 7 heteroatoms. The fourth-order valence-corrected chi connectivity index (χ4v) is 3.79. The zero-order valence-electron chi connectivity index (χ0n) is 17.5. The highest BCUT2D eigenvalue weighted by atomic mass is 16.2. The second kappa shape index (κ2) is 8.67. The predicted molar refractivity (Wildman–Crippen MR) is 117 cm³/mol. The number of aryl methyl sites for hydroxylation is 1. The molecule has 0 unspecified atom stereocenters. The van der Waals surface area contributed by atoms with Crippen LogP contribution in [0.3, 0.4) is 0 Å². The lowest BCUT2D eigenvalue weighted by Crippen LogP contribution is -2.48. The van der Waals surface area contributed by atoms with Gasteiger partial charge in [-0.3, -0.25) is 14.5 Å². The average Bonchev–Trinajstić information content (AvgIpc) is 3.08. The van der Waals surface area contributed by atoms with Gasteiger partial charge in [-0.05, 0) is 30.3 Å². The first-order valence-electron chi connectivity index (χ1n) is 10.4. The van der Waals surface area contributed by atoms with Gasteiger partial charge in [-0.25, -0.2) is 4.98 Å². The summed E-state index contributed by atoms with van der Waals surface area (Å²) in [4.78, 5) is 33.3. The van der Waals surface area contributed by atoms with Gasteiger partial charge < -0.3 is 14.8 Å². The summed E-state index contributed by atoms with van der Waals surface area (Å²) in [5.41, 5.74) is 3.43. The van der Waals surface area contributed by atoms with E-state index in [2.05, 4.69) is 14.8 Å². The first kappa shape index (κ1) is 20.1. The molecule has 3 aromatic rings. The number of nitrogens with one attached hydrogen (secondary N) is 1. The van der Waals surface area contributed by atoms with E-state index in [0.29, 0.717) is 19.5 Å². The van der Waals surface area contributed by atoms with Gasteiger partial charge in [0, 0.05) is 50.9 Å². The Morgan fingerprint density at radius 3 is 2.47 bits per heavy atom. The van der Waals surface area contributed by atoms with E-state index in [1.54, 1.807) is 0 Å². The van der Waals surface area contributed by atoms with Crippen molar-refractivity contribution in [2.45, 2.75) is 19.9 Å². The molecular formula is C23H27N5O2. The van der Waals surface area contributed by atoms with Crippen molar-refractivity contribution in [1.82, 2.24) is 19.4 Å². The maximum absolute atomic E-state index is 12.6. The summed E-state index contributed by atoms with van der Waals surface area (Å²) < 4.78 is 2.10. The highest BCUT2D eigenvalue weighted by molar-refractivity contribution is 5.94. The van der Waals surface area contributed by atoms with Crippen LogP contribution in [0.1, 0.15) is 29.5 Å². The summed E-state index contributed by atoms with van der Waals surface area (Å²) in [5, 5.41) is 2.89. The number of carbonyl (C=O) groups is 2. The number of piperazine rings is 1. The van der Waals surface area contributed by atoms with Gasteiger partial charge in [0.2, 0.25) is 5.91 Å². The second-order valence-corrected chi connectivity index (χ2v) is 7.63. The fraction of sp³-hybridized carbons (Fsp3) is 0.348. The van der Waals surface area contributed by atoms with Crippen LogP contribution in [0.4, 0.5) is 5.69 Å². The van der Waals surface area contributed by atoms with Gasteiger partial charge in [-0.1, -0.05) is 25.1 Å². The molecule has 2 aromatic carbocycles. The van der Waals surface area contributed by atoms with Crippen LogP contribution >= 0.6 is 0 Å². The van der Waals surface area contributed by atoms with Gasteiger partial charge in [0.15, 0.2) is 0 Å². The van der Waals surface area contributed by atoms with Crippen molar-refractivity contribution in [3.63, 3.8) is 0 Å². The topological polar surface area (TPSA) is 70.5 Å². The zero-order chi connectivity index (χ0) is 21.1. The number of carbonyl (C=O) groups excluding carboxylic acids is 2. The van der Waals surface area contributed by atoms with Crippen molar-refractivity contribution in [3.05, 3.63) is 59.9 Å². The Morgan fingerprint density at radius 1 is 1.03 bits per heavy atom. The summed E-state index contributed by atoms with van der Waals surface area (Å²) >= 11 is 0. The number of nitrogens with zero attached hydrogens (tertiary/aromatic N) is 4. The Bertz CT molecular complexity index is 1050. The lowest BCUT2D eigenvalue weighted by molar-refractivity contribution is -0.115. The number of aromatic nitrogens is 2. The number of amides is 2. The number of imidazole rings is 1. The molecular weight excluding hydrogens is 378 g/mol. The number of rotatable bonds is 5. The summed E-state index contributed by atoms with van der Waals surface area (Å²) in [7, 11) is 2.02. The van der Waals surface area contributed by atoms with Gasteiger partial charge in [-0.2, -0.15) is 0 Å². The van der Waals surface area contributed by atoms with Crippen LogP contribution in [0, 0.1) is 0 Å². The molecule has 2 amide bonds. The minimum atomic E-state index is -0.00609. The molecule has 1 saturated heterocycles. The van der Waals surface area contributed by atoms with Crippen LogP contribution in [0.2, 0.25) is 0 Å². The summed E-state index contributed by atoms with van der Waals surface area (Å²) in [6.07, 6.45) is 0.449. The van der Waals surface area contributed by atoms with Gasteiger partial charge in [0.25, 0.3) is 5.91 Å². The van der Waals surface area contributed by atoms with Crippen molar-refractivity contribution < 1.29 is 9.59 Å². The van der Waals surface area contributed by atoms with Crippen LogP contribution in [0.15, 0.2) is 48.5 Å².